The van der Waals surface area contributed by atoms with Crippen molar-refractivity contribution < 1.29 is 14.7 Å². The Morgan fingerprint density at radius 3 is 2.50 bits per heavy atom. The molecule has 1 aliphatic heterocycles. The Morgan fingerprint density at radius 2 is 1.92 bits per heavy atom. The van der Waals surface area contributed by atoms with Crippen molar-refractivity contribution in [3.63, 3.8) is 0 Å². The number of aryl methyl sites for hydroxylation is 1. The molecule has 6 nitrogen and oxygen atoms in total. The first kappa shape index (κ1) is 22.4. The summed E-state index contributed by atoms with van der Waals surface area (Å²) in [6.45, 7) is 6.23. The van der Waals surface area contributed by atoms with Crippen LogP contribution >= 0.6 is 12.4 Å². The largest absolute Gasteiger partial charge is 0.480 e. The number of aliphatic carboxylic acids is 1. The SMILES string of the molecule is Cc1ccccc1CNC(=O)C(C)N1CCC(N(C)CC(=O)O)CC1.Cl. The first-order valence-corrected chi connectivity index (χ1v) is 8.86. The van der Waals surface area contributed by atoms with Crippen LogP contribution in [0.1, 0.15) is 30.9 Å². The quantitative estimate of drug-likeness (QED) is 0.752. The molecule has 26 heavy (non-hydrogen) atoms. The number of benzene rings is 1. The zero-order chi connectivity index (χ0) is 18.4. The van der Waals surface area contributed by atoms with Gasteiger partial charge in [0.25, 0.3) is 0 Å². The molecule has 146 valence electrons. The first-order valence-electron chi connectivity index (χ1n) is 8.86. The van der Waals surface area contributed by atoms with Gasteiger partial charge in [0, 0.05) is 25.7 Å². The second-order valence-corrected chi connectivity index (χ2v) is 6.90. The molecule has 1 saturated heterocycles. The van der Waals surface area contributed by atoms with Gasteiger partial charge >= 0.3 is 5.97 Å². The van der Waals surface area contributed by atoms with E-state index in [-0.39, 0.29) is 36.9 Å². The number of carboxylic acid groups (broad SMARTS) is 1. The smallest absolute Gasteiger partial charge is 0.317 e. The number of likely N-dealkylation sites (tertiary alicyclic amines) is 1. The number of hydrogen-bond donors (Lipinski definition) is 2. The zero-order valence-corrected chi connectivity index (χ0v) is 16.6. The van der Waals surface area contributed by atoms with Crippen LogP contribution in [0.5, 0.6) is 0 Å². The fourth-order valence-corrected chi connectivity index (χ4v) is 3.36. The minimum absolute atomic E-state index is 0. The monoisotopic (exact) mass is 383 g/mol. The van der Waals surface area contributed by atoms with Crippen LogP contribution < -0.4 is 5.32 Å². The fraction of sp³-hybridized carbons (Fsp3) is 0.579. The highest BCUT2D eigenvalue weighted by molar-refractivity contribution is 5.85. The van der Waals surface area contributed by atoms with Gasteiger partial charge < -0.3 is 10.4 Å². The Hall–Kier alpha value is -1.63. The third kappa shape index (κ3) is 6.27. The third-order valence-electron chi connectivity index (χ3n) is 5.15. The standard InChI is InChI=1S/C19H29N3O3.ClH/c1-14-6-4-5-7-16(14)12-20-19(25)15(2)22-10-8-17(9-11-22)21(3)13-18(23)24;/h4-7,15,17H,8-13H2,1-3H3,(H,20,25)(H,23,24);1H. The lowest BCUT2D eigenvalue weighted by Gasteiger charge is -2.38. The summed E-state index contributed by atoms with van der Waals surface area (Å²) in [6, 6.07) is 8.16. The number of likely N-dealkylation sites (N-methyl/N-ethyl adjacent to an activating group) is 1. The highest BCUT2D eigenvalue weighted by Gasteiger charge is 2.28. The van der Waals surface area contributed by atoms with Crippen molar-refractivity contribution in [3.8, 4) is 0 Å². The average molecular weight is 384 g/mol. The summed E-state index contributed by atoms with van der Waals surface area (Å²) >= 11 is 0. The van der Waals surface area contributed by atoms with E-state index < -0.39 is 5.97 Å². The number of nitrogens with zero attached hydrogens (tertiary/aromatic N) is 2. The van der Waals surface area contributed by atoms with Crippen molar-refractivity contribution in [2.45, 2.75) is 45.3 Å². The van der Waals surface area contributed by atoms with Crippen molar-refractivity contribution in [2.24, 2.45) is 0 Å². The van der Waals surface area contributed by atoms with Gasteiger partial charge in [-0.1, -0.05) is 24.3 Å². The molecule has 7 heteroatoms. The van der Waals surface area contributed by atoms with Gasteiger partial charge in [-0.05, 0) is 44.9 Å². The molecular weight excluding hydrogens is 354 g/mol. The predicted octanol–water partition coefficient (Wildman–Crippen LogP) is 1.90. The van der Waals surface area contributed by atoms with E-state index in [1.807, 2.05) is 50.1 Å². The molecule has 1 fully saturated rings. The summed E-state index contributed by atoms with van der Waals surface area (Å²) in [4.78, 5) is 27.3. The number of carboxylic acids is 1. The fourth-order valence-electron chi connectivity index (χ4n) is 3.36. The Morgan fingerprint density at radius 1 is 1.31 bits per heavy atom. The minimum atomic E-state index is -0.797. The van der Waals surface area contributed by atoms with Crippen LogP contribution in [0, 0.1) is 6.92 Å². The van der Waals surface area contributed by atoms with Crippen molar-refractivity contribution in [3.05, 3.63) is 35.4 Å². The molecule has 1 aromatic rings. The lowest BCUT2D eigenvalue weighted by atomic mass is 10.0. The summed E-state index contributed by atoms with van der Waals surface area (Å²) in [6.07, 6.45) is 1.78. The van der Waals surface area contributed by atoms with Crippen LogP contribution in [0.25, 0.3) is 0 Å². The molecule has 1 aliphatic rings. The molecule has 0 saturated carbocycles. The summed E-state index contributed by atoms with van der Waals surface area (Å²) in [7, 11) is 1.85. The number of carbonyl (C=O) groups excluding carboxylic acids is 1. The highest BCUT2D eigenvalue weighted by atomic mass is 35.5. The minimum Gasteiger partial charge on any atom is -0.480 e. The lowest BCUT2D eigenvalue weighted by molar-refractivity contribution is -0.138. The van der Waals surface area contributed by atoms with Crippen LogP contribution in [0.4, 0.5) is 0 Å². The van der Waals surface area contributed by atoms with Crippen molar-refractivity contribution in [1.82, 2.24) is 15.1 Å². The molecule has 1 atom stereocenters. The summed E-state index contributed by atoms with van der Waals surface area (Å²) in [5.41, 5.74) is 2.31. The van der Waals surface area contributed by atoms with E-state index in [9.17, 15) is 9.59 Å². The number of nitrogens with one attached hydrogen (secondary N) is 1. The Balaban J connectivity index is 0.00000338. The van der Waals surface area contributed by atoms with Crippen LogP contribution in [0.2, 0.25) is 0 Å². The Kier molecular flexibility index (Phi) is 9.05. The van der Waals surface area contributed by atoms with Crippen LogP contribution in [-0.2, 0) is 16.1 Å². The molecule has 1 unspecified atom stereocenters. The molecule has 2 N–H and O–H groups in total. The summed E-state index contributed by atoms with van der Waals surface area (Å²) in [5, 5.41) is 11.9. The zero-order valence-electron chi connectivity index (χ0n) is 15.8. The van der Waals surface area contributed by atoms with Gasteiger partial charge in [0.2, 0.25) is 5.91 Å². The topological polar surface area (TPSA) is 72.9 Å². The maximum Gasteiger partial charge on any atom is 0.317 e. The molecule has 0 radical (unpaired) electrons. The Bertz CT molecular complexity index is 603. The number of carbonyl (C=O) groups is 2. The molecule has 1 aromatic carbocycles. The van der Waals surface area contributed by atoms with Crippen LogP contribution in [0.15, 0.2) is 24.3 Å². The van der Waals surface area contributed by atoms with Gasteiger partial charge in [-0.2, -0.15) is 0 Å². The Labute approximate surface area is 162 Å². The summed E-state index contributed by atoms with van der Waals surface area (Å²) in [5.74, 6) is -0.755. The van der Waals surface area contributed by atoms with Crippen LogP contribution in [-0.4, -0.2) is 65.5 Å². The van der Waals surface area contributed by atoms with Gasteiger partial charge in [-0.15, -0.1) is 12.4 Å². The van der Waals surface area contributed by atoms with Gasteiger partial charge in [0.15, 0.2) is 0 Å². The third-order valence-corrected chi connectivity index (χ3v) is 5.15. The normalized spacial score (nSPS) is 16.8. The summed E-state index contributed by atoms with van der Waals surface area (Å²) < 4.78 is 0. The maximum atomic E-state index is 12.4. The molecule has 0 aliphatic carbocycles. The van der Waals surface area contributed by atoms with Crippen molar-refractivity contribution in [1.29, 1.82) is 0 Å². The van der Waals surface area contributed by atoms with Gasteiger partial charge in [-0.25, -0.2) is 0 Å². The van der Waals surface area contributed by atoms with Gasteiger partial charge in [0.05, 0.1) is 12.6 Å². The molecule has 2 rings (SSSR count). The van der Waals surface area contributed by atoms with E-state index in [2.05, 4.69) is 10.2 Å². The number of hydrogen-bond acceptors (Lipinski definition) is 4. The number of rotatable bonds is 7. The van der Waals surface area contributed by atoms with E-state index in [0.29, 0.717) is 6.54 Å². The number of amides is 1. The van der Waals surface area contributed by atoms with Gasteiger partial charge in [0.1, 0.15) is 0 Å². The molecule has 0 aromatic heterocycles. The average Bonchev–Trinajstić information content (AvgIpc) is 2.59. The molecule has 0 spiro atoms. The van der Waals surface area contributed by atoms with Crippen LogP contribution in [0.3, 0.4) is 0 Å². The van der Waals surface area contributed by atoms with E-state index in [1.54, 1.807) is 0 Å². The van der Waals surface area contributed by atoms with E-state index in [4.69, 9.17) is 5.11 Å². The first-order chi connectivity index (χ1) is 11.9. The van der Waals surface area contributed by atoms with E-state index in [1.165, 1.54) is 5.56 Å². The maximum absolute atomic E-state index is 12.4. The second-order valence-electron chi connectivity index (χ2n) is 6.90. The van der Waals surface area contributed by atoms with Crippen molar-refractivity contribution in [2.75, 3.05) is 26.7 Å². The lowest BCUT2D eigenvalue weighted by Crippen LogP contribution is -2.51. The number of halogens is 1. The second kappa shape index (κ2) is 10.5. The molecule has 0 bridgehead atoms. The highest BCUT2D eigenvalue weighted by Crippen LogP contribution is 2.17. The van der Waals surface area contributed by atoms with Crippen molar-refractivity contribution >= 4 is 24.3 Å². The number of piperidine rings is 1. The van der Waals surface area contributed by atoms with E-state index in [0.717, 1.165) is 31.5 Å². The van der Waals surface area contributed by atoms with Gasteiger partial charge in [-0.3, -0.25) is 19.4 Å². The van der Waals surface area contributed by atoms with E-state index >= 15 is 0 Å². The molecule has 1 amide bonds. The molecular formula is C19H30ClN3O3. The molecule has 1 heterocycles. The predicted molar refractivity (Wildman–Crippen MR) is 105 cm³/mol.